The Labute approximate surface area is 145 Å². The molecule has 0 aliphatic carbocycles. The molecule has 1 fully saturated rings. The second-order valence-corrected chi connectivity index (χ2v) is 6.13. The predicted molar refractivity (Wildman–Crippen MR) is 97.7 cm³/mol. The van der Waals surface area contributed by atoms with Crippen LogP contribution in [0, 0.1) is 12.8 Å². The molecule has 1 aliphatic heterocycles. The smallest absolute Gasteiger partial charge is 0.224 e. The molecule has 2 N–H and O–H groups in total. The molecule has 0 bridgehead atoms. The highest BCUT2D eigenvalue weighted by atomic mass is 35.5. The molecule has 1 aromatic carbocycles. The average Bonchev–Trinajstić information content (AvgIpc) is 2.54. The van der Waals surface area contributed by atoms with Crippen molar-refractivity contribution in [1.82, 2.24) is 5.32 Å². The van der Waals surface area contributed by atoms with Gasteiger partial charge in [0.15, 0.2) is 0 Å². The van der Waals surface area contributed by atoms with Crippen molar-refractivity contribution in [2.75, 3.05) is 25.0 Å². The lowest BCUT2D eigenvalue weighted by Gasteiger charge is -2.22. The first-order chi connectivity index (χ1) is 10.7. The number of ether oxygens (including phenoxy) is 1. The van der Waals surface area contributed by atoms with Gasteiger partial charge in [0.1, 0.15) is 5.75 Å². The van der Waals surface area contributed by atoms with Crippen LogP contribution in [0.4, 0.5) is 5.69 Å². The third-order valence-corrected chi connectivity index (χ3v) is 4.11. The molecule has 2 rings (SSSR count). The SMILES string of the molecule is CCCOc1cc(C)ccc1NC(=O)CCC1CCNCC1.Cl. The quantitative estimate of drug-likeness (QED) is 0.790. The fourth-order valence-electron chi connectivity index (χ4n) is 2.78. The van der Waals surface area contributed by atoms with Crippen LogP contribution >= 0.6 is 12.4 Å². The van der Waals surface area contributed by atoms with Gasteiger partial charge in [0.05, 0.1) is 12.3 Å². The third-order valence-electron chi connectivity index (χ3n) is 4.11. The highest BCUT2D eigenvalue weighted by Gasteiger charge is 2.15. The Bertz CT molecular complexity index is 488. The molecular weight excluding hydrogens is 312 g/mol. The first kappa shape index (κ1) is 19.8. The van der Waals surface area contributed by atoms with Crippen molar-refractivity contribution >= 4 is 24.0 Å². The van der Waals surface area contributed by atoms with Gasteiger partial charge < -0.3 is 15.4 Å². The van der Waals surface area contributed by atoms with E-state index in [0.717, 1.165) is 42.9 Å². The summed E-state index contributed by atoms with van der Waals surface area (Å²) < 4.78 is 5.74. The van der Waals surface area contributed by atoms with Crippen LogP contribution in [0.15, 0.2) is 18.2 Å². The van der Waals surface area contributed by atoms with Gasteiger partial charge in [0.25, 0.3) is 0 Å². The molecule has 1 aromatic rings. The standard InChI is InChI=1S/C18H28N2O2.ClH/c1-3-12-22-17-13-14(2)4-6-16(17)20-18(21)7-5-15-8-10-19-11-9-15;/h4,6,13,15,19H,3,5,7-12H2,1-2H3,(H,20,21);1H. The zero-order valence-corrected chi connectivity index (χ0v) is 15.0. The summed E-state index contributed by atoms with van der Waals surface area (Å²) in [6.07, 6.45) is 4.89. The number of hydrogen-bond donors (Lipinski definition) is 2. The Morgan fingerprint density at radius 1 is 1.35 bits per heavy atom. The number of piperidine rings is 1. The fraction of sp³-hybridized carbons (Fsp3) is 0.611. The van der Waals surface area contributed by atoms with Crippen molar-refractivity contribution in [1.29, 1.82) is 0 Å². The van der Waals surface area contributed by atoms with Crippen LogP contribution in [0.2, 0.25) is 0 Å². The maximum Gasteiger partial charge on any atom is 0.224 e. The lowest BCUT2D eigenvalue weighted by molar-refractivity contribution is -0.116. The number of anilines is 1. The minimum absolute atomic E-state index is 0. The Kier molecular flexibility index (Phi) is 9.03. The summed E-state index contributed by atoms with van der Waals surface area (Å²) in [5, 5.41) is 6.36. The maximum atomic E-state index is 12.2. The van der Waals surface area contributed by atoms with Gasteiger partial charge in [0, 0.05) is 6.42 Å². The van der Waals surface area contributed by atoms with E-state index in [1.165, 1.54) is 12.8 Å². The summed E-state index contributed by atoms with van der Waals surface area (Å²) in [5.74, 6) is 1.54. The van der Waals surface area contributed by atoms with Gasteiger partial charge in [-0.25, -0.2) is 0 Å². The van der Waals surface area contributed by atoms with Gasteiger partial charge in [0.2, 0.25) is 5.91 Å². The normalized spacial score (nSPS) is 14.9. The molecule has 1 saturated heterocycles. The minimum atomic E-state index is 0. The van der Waals surface area contributed by atoms with E-state index in [0.29, 0.717) is 18.9 Å². The Hall–Kier alpha value is -1.26. The molecule has 1 aliphatic rings. The molecule has 1 heterocycles. The number of nitrogens with one attached hydrogen (secondary N) is 2. The van der Waals surface area contributed by atoms with E-state index in [9.17, 15) is 4.79 Å². The summed E-state index contributed by atoms with van der Waals surface area (Å²) >= 11 is 0. The van der Waals surface area contributed by atoms with Crippen LogP contribution in [0.1, 0.15) is 44.6 Å². The number of amides is 1. The molecule has 5 heteroatoms. The Balaban J connectivity index is 0.00000264. The van der Waals surface area contributed by atoms with Crippen molar-refractivity contribution in [2.24, 2.45) is 5.92 Å². The van der Waals surface area contributed by atoms with Gasteiger partial charge in [-0.05, 0) is 69.3 Å². The first-order valence-electron chi connectivity index (χ1n) is 8.43. The van der Waals surface area contributed by atoms with E-state index in [2.05, 4.69) is 17.6 Å². The number of rotatable bonds is 7. The van der Waals surface area contributed by atoms with Crippen LogP contribution in [0.25, 0.3) is 0 Å². The van der Waals surface area contributed by atoms with Crippen molar-refractivity contribution < 1.29 is 9.53 Å². The van der Waals surface area contributed by atoms with Gasteiger partial charge in [-0.15, -0.1) is 12.4 Å². The maximum absolute atomic E-state index is 12.2. The summed E-state index contributed by atoms with van der Waals surface area (Å²) in [5.41, 5.74) is 1.92. The van der Waals surface area contributed by atoms with E-state index in [1.54, 1.807) is 0 Å². The van der Waals surface area contributed by atoms with Gasteiger partial charge in [-0.2, -0.15) is 0 Å². The van der Waals surface area contributed by atoms with Crippen LogP contribution in [0.3, 0.4) is 0 Å². The fourth-order valence-corrected chi connectivity index (χ4v) is 2.78. The van der Waals surface area contributed by atoms with Gasteiger partial charge in [-0.3, -0.25) is 4.79 Å². The number of aryl methyl sites for hydroxylation is 1. The summed E-state index contributed by atoms with van der Waals surface area (Å²) in [6, 6.07) is 5.92. The average molecular weight is 341 g/mol. The topological polar surface area (TPSA) is 50.4 Å². The zero-order chi connectivity index (χ0) is 15.8. The third kappa shape index (κ3) is 6.80. The predicted octanol–water partition coefficient (Wildman–Crippen LogP) is 3.92. The molecule has 4 nitrogen and oxygen atoms in total. The van der Waals surface area contributed by atoms with E-state index in [4.69, 9.17) is 4.74 Å². The minimum Gasteiger partial charge on any atom is -0.491 e. The van der Waals surface area contributed by atoms with Crippen molar-refractivity contribution in [3.63, 3.8) is 0 Å². The van der Waals surface area contributed by atoms with E-state index >= 15 is 0 Å². The van der Waals surface area contributed by atoms with Gasteiger partial charge in [-0.1, -0.05) is 13.0 Å². The lowest BCUT2D eigenvalue weighted by atomic mass is 9.93. The highest BCUT2D eigenvalue weighted by molar-refractivity contribution is 5.92. The molecule has 0 radical (unpaired) electrons. The lowest BCUT2D eigenvalue weighted by Crippen LogP contribution is -2.28. The van der Waals surface area contributed by atoms with E-state index < -0.39 is 0 Å². The molecule has 0 unspecified atom stereocenters. The second kappa shape index (κ2) is 10.5. The molecule has 0 saturated carbocycles. The molecule has 130 valence electrons. The summed E-state index contributed by atoms with van der Waals surface area (Å²) in [4.78, 5) is 12.2. The second-order valence-electron chi connectivity index (χ2n) is 6.13. The largest absolute Gasteiger partial charge is 0.491 e. The molecule has 23 heavy (non-hydrogen) atoms. The number of halogens is 1. The summed E-state index contributed by atoms with van der Waals surface area (Å²) in [6.45, 7) is 6.94. The Morgan fingerprint density at radius 3 is 2.78 bits per heavy atom. The molecule has 1 amide bonds. The zero-order valence-electron chi connectivity index (χ0n) is 14.2. The number of carbonyl (C=O) groups is 1. The van der Waals surface area contributed by atoms with Crippen LogP contribution in [-0.2, 0) is 4.79 Å². The van der Waals surface area contributed by atoms with Crippen LogP contribution < -0.4 is 15.4 Å². The van der Waals surface area contributed by atoms with Crippen molar-refractivity contribution in [2.45, 2.75) is 46.0 Å². The summed E-state index contributed by atoms with van der Waals surface area (Å²) in [7, 11) is 0. The molecule has 0 spiro atoms. The number of carbonyl (C=O) groups excluding carboxylic acids is 1. The van der Waals surface area contributed by atoms with Crippen LogP contribution in [0.5, 0.6) is 5.75 Å². The molecule has 0 atom stereocenters. The van der Waals surface area contributed by atoms with Crippen LogP contribution in [-0.4, -0.2) is 25.6 Å². The molecule has 0 aromatic heterocycles. The van der Waals surface area contributed by atoms with Crippen molar-refractivity contribution in [3.05, 3.63) is 23.8 Å². The highest BCUT2D eigenvalue weighted by Crippen LogP contribution is 2.26. The molecular formula is C18H29ClN2O2. The number of benzene rings is 1. The van der Waals surface area contributed by atoms with Crippen molar-refractivity contribution in [3.8, 4) is 5.75 Å². The number of hydrogen-bond acceptors (Lipinski definition) is 3. The Morgan fingerprint density at radius 2 is 2.09 bits per heavy atom. The first-order valence-corrected chi connectivity index (χ1v) is 8.43. The van der Waals surface area contributed by atoms with E-state index in [1.807, 2.05) is 25.1 Å². The monoisotopic (exact) mass is 340 g/mol. The van der Waals surface area contributed by atoms with Gasteiger partial charge >= 0.3 is 0 Å². The van der Waals surface area contributed by atoms with E-state index in [-0.39, 0.29) is 18.3 Å².